The molecule has 24 unspecified atom stereocenters. The van der Waals surface area contributed by atoms with E-state index in [-0.39, 0.29) is 35.8 Å². The number of esters is 3. The smallest absolute Gasteiger partial charge is 0.309 e. The van der Waals surface area contributed by atoms with Gasteiger partial charge in [0.2, 0.25) is 0 Å². The first kappa shape index (κ1) is 43.7. The molecule has 16 aliphatic rings. The van der Waals surface area contributed by atoms with Crippen molar-refractivity contribution in [2.24, 2.45) is 152 Å². The monoisotopic (exact) mass is 869 g/mol. The average molecular weight is 869 g/mol. The Bertz CT molecular complexity index is 1860. The average Bonchev–Trinajstić information content (AvgIpc) is 4.12. The molecule has 0 radical (unpaired) electrons. The van der Waals surface area contributed by atoms with Crippen molar-refractivity contribution in [3.8, 4) is 0 Å². The van der Waals surface area contributed by atoms with Crippen molar-refractivity contribution in [2.75, 3.05) is 19.8 Å². The highest BCUT2D eigenvalue weighted by Gasteiger charge is 2.73. The van der Waals surface area contributed by atoms with Crippen LogP contribution in [-0.2, 0) is 28.6 Å². The van der Waals surface area contributed by atoms with E-state index in [0.717, 1.165) is 115 Å². The molecule has 0 aromatic heterocycles. The van der Waals surface area contributed by atoms with Crippen LogP contribution in [0.15, 0.2) is 12.2 Å². The Morgan fingerprint density at radius 3 is 1.51 bits per heavy atom. The number of aliphatic hydroxyl groups is 1. The molecule has 0 spiro atoms. The van der Waals surface area contributed by atoms with E-state index >= 15 is 0 Å². The van der Waals surface area contributed by atoms with Gasteiger partial charge in [-0.15, -0.1) is 0 Å². The summed E-state index contributed by atoms with van der Waals surface area (Å²) in [6, 6.07) is 0. The molecule has 24 atom stereocenters. The van der Waals surface area contributed by atoms with Gasteiger partial charge in [0.1, 0.15) is 6.10 Å². The van der Waals surface area contributed by atoms with Crippen molar-refractivity contribution in [3.63, 3.8) is 0 Å². The molecule has 12 saturated carbocycles. The van der Waals surface area contributed by atoms with Crippen LogP contribution >= 0.6 is 0 Å². The van der Waals surface area contributed by atoms with E-state index in [0.29, 0.717) is 70.9 Å². The van der Waals surface area contributed by atoms with Crippen molar-refractivity contribution in [2.45, 2.75) is 145 Å². The molecule has 4 saturated heterocycles. The summed E-state index contributed by atoms with van der Waals surface area (Å²) in [5.41, 5.74) is 2.94. The van der Waals surface area contributed by atoms with Crippen molar-refractivity contribution in [1.82, 2.24) is 0 Å². The number of cyclic esters (lactones) is 2. The van der Waals surface area contributed by atoms with E-state index < -0.39 is 0 Å². The van der Waals surface area contributed by atoms with Gasteiger partial charge < -0.3 is 19.3 Å². The minimum atomic E-state index is 0.102. The second kappa shape index (κ2) is 15.1. The summed E-state index contributed by atoms with van der Waals surface area (Å²) in [6.45, 7) is 27.0. The molecule has 350 valence electrons. The number of hydrogen-bond donors (Lipinski definition) is 1. The van der Waals surface area contributed by atoms with E-state index in [1.807, 2.05) is 13.8 Å². The molecule has 1 N–H and O–H groups in total. The van der Waals surface area contributed by atoms with Gasteiger partial charge in [-0.1, -0.05) is 74.5 Å². The Morgan fingerprint density at radius 1 is 0.571 bits per heavy atom. The summed E-state index contributed by atoms with van der Waals surface area (Å²) in [4.78, 5) is 35.4. The molecule has 16 fully saturated rings. The number of fused-ring (bicyclic) bond motifs is 27. The third kappa shape index (κ3) is 5.86. The lowest BCUT2D eigenvalue weighted by Crippen LogP contribution is -2.44. The maximum Gasteiger partial charge on any atom is 0.309 e. The van der Waals surface area contributed by atoms with Crippen LogP contribution in [0, 0.1) is 152 Å². The van der Waals surface area contributed by atoms with E-state index in [1.165, 1.54) is 56.9 Å². The maximum absolute atomic E-state index is 12.0. The lowest BCUT2D eigenvalue weighted by Gasteiger charge is -2.44. The Kier molecular flexibility index (Phi) is 10.4. The quantitative estimate of drug-likeness (QED) is 0.121. The highest BCUT2D eigenvalue weighted by atomic mass is 16.5. The Balaban J connectivity index is 0.0000000947. The zero-order valence-corrected chi connectivity index (χ0v) is 40.6. The minimum absolute atomic E-state index is 0.102. The summed E-state index contributed by atoms with van der Waals surface area (Å²) in [6.07, 6.45) is 15.6. The molecular weight excluding hydrogens is 785 g/mol. The van der Waals surface area contributed by atoms with Crippen LogP contribution < -0.4 is 0 Å². The lowest BCUT2D eigenvalue weighted by molar-refractivity contribution is -0.151. The van der Waals surface area contributed by atoms with Crippen molar-refractivity contribution in [3.05, 3.63) is 12.2 Å². The van der Waals surface area contributed by atoms with Crippen LogP contribution in [0.1, 0.15) is 139 Å². The zero-order chi connectivity index (χ0) is 44.4. The van der Waals surface area contributed by atoms with Crippen LogP contribution in [0.2, 0.25) is 0 Å². The third-order valence-electron chi connectivity index (χ3n) is 24.8. The summed E-state index contributed by atoms with van der Waals surface area (Å²) >= 11 is 0. The fourth-order valence-electron chi connectivity index (χ4n) is 21.3. The van der Waals surface area contributed by atoms with Gasteiger partial charge >= 0.3 is 17.9 Å². The normalized spacial score (nSPS) is 57.9. The van der Waals surface area contributed by atoms with E-state index in [2.05, 4.69) is 55.0 Å². The summed E-state index contributed by atoms with van der Waals surface area (Å²) in [5, 5.41) is 9.70. The van der Waals surface area contributed by atoms with E-state index in [4.69, 9.17) is 14.2 Å². The van der Waals surface area contributed by atoms with Crippen LogP contribution in [-0.4, -0.2) is 48.9 Å². The van der Waals surface area contributed by atoms with Gasteiger partial charge in [-0.05, 0) is 200 Å². The first-order valence-corrected chi connectivity index (χ1v) is 26.9. The standard InChI is InChI=1S/C16H22O3.C16H22O2.C12H20.C10H14O2.C2H6/c1-6-7-2-8(11(6)4-17)14-9-3-10(13(7)14)15-12(9)5-19-16(15)18;1-6-7(2)9-3-8(6)13-10-4-11(14(9)13)15-12(10)5-18-16(15)17;1-9-8-11(4)6-7-12(9,5)10(11,2)3;11-10-8-2-6-1-7(3-8)5-9(4-6)12-10;1-2/h6-15,17H,2-5H2,1H3;6-15H,3-5H2,1-2H3;1,6-8H2,2-5H3;6-9H,1-5H2;1-2H3. The zero-order valence-electron chi connectivity index (χ0n) is 40.6. The van der Waals surface area contributed by atoms with E-state index in [9.17, 15) is 19.5 Å². The van der Waals surface area contributed by atoms with Crippen LogP contribution in [0.3, 0.4) is 0 Å². The summed E-state index contributed by atoms with van der Waals surface area (Å²) in [7, 11) is 0. The Labute approximate surface area is 380 Å². The van der Waals surface area contributed by atoms with Gasteiger partial charge in [0.05, 0.1) is 31.0 Å². The van der Waals surface area contributed by atoms with Gasteiger partial charge in [0.15, 0.2) is 0 Å². The molecule has 14 bridgehead atoms. The van der Waals surface area contributed by atoms with Crippen LogP contribution in [0.4, 0.5) is 0 Å². The predicted molar refractivity (Wildman–Crippen MR) is 242 cm³/mol. The molecule has 0 aromatic carbocycles. The molecule has 12 aliphatic carbocycles. The molecule has 4 aliphatic heterocycles. The van der Waals surface area contributed by atoms with Gasteiger partial charge in [-0.25, -0.2) is 0 Å². The largest absolute Gasteiger partial charge is 0.465 e. The van der Waals surface area contributed by atoms with Crippen molar-refractivity contribution in [1.29, 1.82) is 0 Å². The first-order chi connectivity index (χ1) is 30.0. The second-order valence-electron chi connectivity index (χ2n) is 26.1. The third-order valence-corrected chi connectivity index (χ3v) is 24.8. The van der Waals surface area contributed by atoms with Gasteiger partial charge in [-0.2, -0.15) is 0 Å². The number of allylic oxidation sites excluding steroid dienone is 1. The van der Waals surface area contributed by atoms with Gasteiger partial charge in [-0.3, -0.25) is 14.4 Å². The second-order valence-corrected chi connectivity index (χ2v) is 26.1. The number of rotatable bonds is 1. The number of carbonyl (C=O) groups is 3. The predicted octanol–water partition coefficient (Wildman–Crippen LogP) is 10.7. The molecule has 0 amide bonds. The SMILES string of the molecule is C=C1CC2(C)CCC1(C)C2(C)C.CC.CC1C(C)C2CC1C1C3CC(C4C(=O)OCC34)C21.CC1C(CO)C2CC1C1C3CC(C4COC(=O)C43)C21.O=C1OC2CC3CC(C2)CC1C3. The van der Waals surface area contributed by atoms with Gasteiger partial charge in [0, 0.05) is 18.4 Å². The van der Waals surface area contributed by atoms with E-state index in [1.54, 1.807) is 0 Å². The highest BCUT2D eigenvalue weighted by Crippen LogP contribution is 2.76. The number of ether oxygens (including phenoxy) is 3. The molecule has 0 aromatic rings. The summed E-state index contributed by atoms with van der Waals surface area (Å²) in [5.74, 6) is 16.6. The molecule has 4 heterocycles. The lowest BCUT2D eigenvalue weighted by atomic mass is 9.59. The van der Waals surface area contributed by atoms with Crippen LogP contribution in [0.5, 0.6) is 0 Å². The molecule has 7 nitrogen and oxygen atoms in total. The number of hydrogen-bond acceptors (Lipinski definition) is 7. The van der Waals surface area contributed by atoms with Gasteiger partial charge in [0.25, 0.3) is 0 Å². The topological polar surface area (TPSA) is 99.1 Å². The minimum Gasteiger partial charge on any atom is -0.465 e. The van der Waals surface area contributed by atoms with Crippen molar-refractivity contribution >= 4 is 17.9 Å². The Morgan fingerprint density at radius 2 is 1.05 bits per heavy atom. The maximum atomic E-state index is 12.0. The fraction of sp³-hybridized carbons (Fsp3) is 0.911. The molecule has 7 heteroatoms. The molecule has 16 rings (SSSR count). The fourth-order valence-corrected chi connectivity index (χ4v) is 21.3. The highest BCUT2D eigenvalue weighted by molar-refractivity contribution is 5.77. The molecular formula is C56H84O7. The van der Waals surface area contributed by atoms with Crippen molar-refractivity contribution < 1.29 is 33.7 Å². The summed E-state index contributed by atoms with van der Waals surface area (Å²) < 4.78 is 16.1. The van der Waals surface area contributed by atoms with Crippen LogP contribution in [0.25, 0.3) is 0 Å². The first-order valence-electron chi connectivity index (χ1n) is 26.9. The number of aliphatic hydroxyl groups excluding tert-OH is 1. The molecule has 63 heavy (non-hydrogen) atoms. The number of carbonyl (C=O) groups excluding carboxylic acids is 3. The Hall–Kier alpha value is -1.89.